The third kappa shape index (κ3) is 12.5. The van der Waals surface area contributed by atoms with Crippen molar-refractivity contribution in [1.82, 2.24) is 0 Å². The highest BCUT2D eigenvalue weighted by Crippen LogP contribution is 2.47. The molecule has 0 amide bonds. The van der Waals surface area contributed by atoms with Gasteiger partial charge in [0.1, 0.15) is 0 Å². The van der Waals surface area contributed by atoms with Gasteiger partial charge in [0, 0.05) is 0 Å². The SMILES string of the molecule is CC(C)(O)CCCC(C)(C)O.O[P+](O)(c1ccccc1)c1ccccc1.O[P+](O)(c1ccccc1)c1ccccc1. The Balaban J connectivity index is 0.000000219. The second-order valence-electron chi connectivity index (χ2n) is 11.0. The third-order valence-electron chi connectivity index (χ3n) is 6.04. The van der Waals surface area contributed by atoms with Gasteiger partial charge in [0.05, 0.1) is 11.2 Å². The van der Waals surface area contributed by atoms with Crippen molar-refractivity contribution in [3.8, 4) is 0 Å². The van der Waals surface area contributed by atoms with Gasteiger partial charge in [-0.15, -0.1) is 0 Å². The summed E-state index contributed by atoms with van der Waals surface area (Å²) in [7, 11) is -6.29. The van der Waals surface area contributed by atoms with Crippen LogP contribution in [0, 0.1) is 0 Å². The zero-order valence-electron chi connectivity index (χ0n) is 24.2. The zero-order chi connectivity index (χ0) is 30.6. The van der Waals surface area contributed by atoms with Crippen molar-refractivity contribution < 1.29 is 29.8 Å². The summed E-state index contributed by atoms with van der Waals surface area (Å²) in [6.45, 7) is 7.16. The molecule has 6 N–H and O–H groups in total. The molecule has 0 radical (unpaired) electrons. The predicted octanol–water partition coefficient (Wildman–Crippen LogP) is 4.64. The maximum atomic E-state index is 10.1. The van der Waals surface area contributed by atoms with Crippen LogP contribution >= 0.6 is 15.4 Å². The van der Waals surface area contributed by atoms with Crippen LogP contribution in [-0.4, -0.2) is 41.0 Å². The van der Waals surface area contributed by atoms with Crippen LogP contribution in [0.5, 0.6) is 0 Å². The van der Waals surface area contributed by atoms with E-state index in [1.54, 1.807) is 125 Å². The minimum Gasteiger partial charge on any atom is -0.390 e. The van der Waals surface area contributed by atoms with E-state index in [4.69, 9.17) is 0 Å². The van der Waals surface area contributed by atoms with Gasteiger partial charge in [-0.1, -0.05) is 72.8 Å². The second-order valence-corrected chi connectivity index (χ2v) is 15.5. The fourth-order valence-corrected chi connectivity index (χ4v) is 6.74. The first kappa shape index (κ1) is 34.7. The Hall–Kier alpha value is -2.50. The molecule has 220 valence electrons. The molecule has 4 rings (SSSR count). The van der Waals surface area contributed by atoms with E-state index in [2.05, 4.69) is 0 Å². The van der Waals surface area contributed by atoms with Crippen LogP contribution in [0.1, 0.15) is 47.0 Å². The van der Waals surface area contributed by atoms with Crippen LogP contribution in [0.4, 0.5) is 0 Å². The minimum absolute atomic E-state index is 0.580. The van der Waals surface area contributed by atoms with Crippen LogP contribution < -0.4 is 21.2 Å². The van der Waals surface area contributed by atoms with Gasteiger partial charge in [0.2, 0.25) is 0 Å². The fraction of sp³-hybridized carbons (Fsp3) is 0.273. The lowest BCUT2D eigenvalue weighted by Gasteiger charge is -2.21. The van der Waals surface area contributed by atoms with Crippen molar-refractivity contribution in [3.63, 3.8) is 0 Å². The molecule has 4 aromatic carbocycles. The highest BCUT2D eigenvalue weighted by atomic mass is 31.2. The maximum absolute atomic E-state index is 10.1. The molecule has 0 spiro atoms. The topological polar surface area (TPSA) is 121 Å². The summed E-state index contributed by atoms with van der Waals surface area (Å²) >= 11 is 0. The monoisotopic (exact) mass is 598 g/mol. The largest absolute Gasteiger partial charge is 0.390 e. The van der Waals surface area contributed by atoms with E-state index >= 15 is 0 Å². The number of hydrogen-bond acceptors (Lipinski definition) is 6. The van der Waals surface area contributed by atoms with Crippen LogP contribution in [-0.2, 0) is 0 Å². The lowest BCUT2D eigenvalue weighted by atomic mass is 9.95. The minimum atomic E-state index is -3.15. The van der Waals surface area contributed by atoms with Gasteiger partial charge in [0.15, 0.2) is 21.2 Å². The Kier molecular flexibility index (Phi) is 13.2. The Morgan fingerprint density at radius 3 is 0.780 bits per heavy atom. The van der Waals surface area contributed by atoms with Crippen LogP contribution in [0.25, 0.3) is 0 Å². The molecule has 41 heavy (non-hydrogen) atoms. The molecule has 6 nitrogen and oxygen atoms in total. The summed E-state index contributed by atoms with van der Waals surface area (Å²) in [6.07, 6.45) is 2.36. The molecule has 8 heteroatoms. The summed E-state index contributed by atoms with van der Waals surface area (Å²) in [5.41, 5.74) is -1.18. The number of aliphatic hydroxyl groups is 2. The van der Waals surface area contributed by atoms with Crippen molar-refractivity contribution in [1.29, 1.82) is 0 Å². The van der Waals surface area contributed by atoms with Gasteiger partial charge in [-0.05, 0) is 95.5 Å². The molecule has 0 aliphatic heterocycles. The predicted molar refractivity (Wildman–Crippen MR) is 173 cm³/mol. The Bertz CT molecular complexity index is 1070. The van der Waals surface area contributed by atoms with E-state index in [0.717, 1.165) is 19.3 Å². The molecular weight excluding hydrogens is 554 g/mol. The lowest BCUT2D eigenvalue weighted by Crippen LogP contribution is -2.22. The molecule has 0 saturated heterocycles. The quantitative estimate of drug-likeness (QED) is 0.165. The molecule has 0 unspecified atom stereocenters. The second kappa shape index (κ2) is 15.7. The fourth-order valence-electron chi connectivity index (χ4n) is 3.80. The summed E-state index contributed by atoms with van der Waals surface area (Å²) in [4.78, 5) is 40.5. The van der Waals surface area contributed by atoms with Gasteiger partial charge in [-0.2, -0.15) is 0 Å². The lowest BCUT2D eigenvalue weighted by molar-refractivity contribution is 0.0412. The van der Waals surface area contributed by atoms with Crippen molar-refractivity contribution in [3.05, 3.63) is 121 Å². The zero-order valence-corrected chi connectivity index (χ0v) is 26.0. The average Bonchev–Trinajstić information content (AvgIpc) is 2.94. The van der Waals surface area contributed by atoms with E-state index in [1.807, 2.05) is 24.3 Å². The molecular formula is C33H44O6P2+2. The van der Waals surface area contributed by atoms with Crippen molar-refractivity contribution in [2.75, 3.05) is 0 Å². The molecule has 0 saturated carbocycles. The van der Waals surface area contributed by atoms with E-state index in [0.29, 0.717) is 21.2 Å². The number of rotatable bonds is 8. The van der Waals surface area contributed by atoms with E-state index < -0.39 is 26.6 Å². The molecule has 0 heterocycles. The molecule has 0 aromatic heterocycles. The summed E-state index contributed by atoms with van der Waals surface area (Å²) in [5, 5.41) is 21.0. The van der Waals surface area contributed by atoms with Crippen molar-refractivity contribution >= 4 is 36.7 Å². The Morgan fingerprint density at radius 2 is 0.610 bits per heavy atom. The van der Waals surface area contributed by atoms with Gasteiger partial charge >= 0.3 is 15.4 Å². The summed E-state index contributed by atoms with van der Waals surface area (Å²) in [5.74, 6) is 0. The molecule has 0 aliphatic carbocycles. The first-order valence-corrected chi connectivity index (χ1v) is 16.9. The first-order valence-electron chi connectivity index (χ1n) is 13.5. The smallest absolute Gasteiger partial charge is 0.333 e. The molecule has 0 aliphatic rings. The maximum Gasteiger partial charge on any atom is 0.333 e. The third-order valence-corrected chi connectivity index (χ3v) is 10.1. The van der Waals surface area contributed by atoms with Crippen molar-refractivity contribution in [2.24, 2.45) is 0 Å². The van der Waals surface area contributed by atoms with Gasteiger partial charge < -0.3 is 10.2 Å². The average molecular weight is 599 g/mol. The number of benzene rings is 4. The normalized spacial score (nSPS) is 12.0. The van der Waals surface area contributed by atoms with Crippen molar-refractivity contribution in [2.45, 2.75) is 58.2 Å². The Morgan fingerprint density at radius 1 is 0.415 bits per heavy atom. The highest BCUT2D eigenvalue weighted by Gasteiger charge is 2.39. The van der Waals surface area contributed by atoms with Crippen LogP contribution in [0.15, 0.2) is 121 Å². The molecule has 4 aromatic rings. The van der Waals surface area contributed by atoms with E-state index in [1.165, 1.54) is 0 Å². The highest BCUT2D eigenvalue weighted by molar-refractivity contribution is 7.79. The van der Waals surface area contributed by atoms with Gasteiger partial charge in [-0.25, -0.2) is 19.6 Å². The summed E-state index contributed by atoms with van der Waals surface area (Å²) < 4.78 is 0. The number of hydrogen-bond donors (Lipinski definition) is 6. The van der Waals surface area contributed by atoms with Gasteiger partial charge in [-0.3, -0.25) is 0 Å². The van der Waals surface area contributed by atoms with Crippen LogP contribution in [0.2, 0.25) is 0 Å². The van der Waals surface area contributed by atoms with E-state index in [9.17, 15) is 29.8 Å². The summed E-state index contributed by atoms with van der Waals surface area (Å²) in [6, 6.07) is 35.8. The molecule has 0 bridgehead atoms. The van der Waals surface area contributed by atoms with E-state index in [-0.39, 0.29) is 0 Å². The molecule has 0 fully saturated rings. The van der Waals surface area contributed by atoms with Crippen LogP contribution in [0.3, 0.4) is 0 Å². The first-order chi connectivity index (χ1) is 19.1. The Labute approximate surface area is 245 Å². The van der Waals surface area contributed by atoms with Gasteiger partial charge in [0.25, 0.3) is 0 Å². The molecule has 0 atom stereocenters. The standard InChI is InChI=1S/2C12H12O2P.C9H20O2/c2*13-15(14,11-7-3-1-4-8-11)12-9-5-2-6-10-12;1-8(2,10)6-5-7-9(3,4)11/h2*1-10,13-14H;10-11H,5-7H2,1-4H3/q2*+1;.